The van der Waals surface area contributed by atoms with Gasteiger partial charge in [0.05, 0.1) is 4.90 Å². The Morgan fingerprint density at radius 1 is 1.29 bits per heavy atom. The molecule has 118 valence electrons. The zero-order valence-electron chi connectivity index (χ0n) is 13.0. The van der Waals surface area contributed by atoms with E-state index >= 15 is 0 Å². The first-order chi connectivity index (χ1) is 9.85. The normalized spacial score (nSPS) is 15.6. The van der Waals surface area contributed by atoms with E-state index in [0.717, 1.165) is 13.1 Å². The molecule has 0 amide bonds. The van der Waals surface area contributed by atoms with Crippen molar-refractivity contribution in [3.05, 3.63) is 23.3 Å². The molecule has 6 heteroatoms. The third kappa shape index (κ3) is 3.96. The molecule has 0 spiro atoms. The highest BCUT2D eigenvalue weighted by molar-refractivity contribution is 7.89. The van der Waals surface area contributed by atoms with Gasteiger partial charge in [-0.15, -0.1) is 0 Å². The van der Waals surface area contributed by atoms with Crippen molar-refractivity contribution >= 4 is 15.7 Å². The van der Waals surface area contributed by atoms with E-state index in [0.29, 0.717) is 34.3 Å². The molecule has 5 nitrogen and oxygen atoms in total. The van der Waals surface area contributed by atoms with Crippen LogP contribution >= 0.6 is 0 Å². The van der Waals surface area contributed by atoms with E-state index in [4.69, 9.17) is 5.73 Å². The lowest BCUT2D eigenvalue weighted by atomic mass is 10.1. The Bertz CT molecular complexity index is 586. The number of likely N-dealkylation sites (N-methyl/N-ethyl adjacent to an activating group) is 1. The molecule has 1 aliphatic rings. The summed E-state index contributed by atoms with van der Waals surface area (Å²) in [5.41, 5.74) is 7.72. The minimum Gasteiger partial charge on any atom is -0.399 e. The van der Waals surface area contributed by atoms with Gasteiger partial charge in [-0.2, -0.15) is 0 Å². The molecule has 0 atom stereocenters. The summed E-state index contributed by atoms with van der Waals surface area (Å²) in [5.74, 6) is 0. The van der Waals surface area contributed by atoms with Crippen LogP contribution in [0.3, 0.4) is 0 Å². The van der Waals surface area contributed by atoms with Crippen LogP contribution in [0, 0.1) is 13.8 Å². The Labute approximate surface area is 127 Å². The fraction of sp³-hybridized carbons (Fsp3) is 0.600. The van der Waals surface area contributed by atoms with Crippen LogP contribution in [0.1, 0.15) is 30.9 Å². The Kier molecular flexibility index (Phi) is 4.91. The van der Waals surface area contributed by atoms with E-state index in [1.807, 2.05) is 0 Å². The van der Waals surface area contributed by atoms with Gasteiger partial charge in [-0.05, 0) is 56.5 Å². The van der Waals surface area contributed by atoms with Crippen LogP contribution in [0.4, 0.5) is 5.69 Å². The van der Waals surface area contributed by atoms with Gasteiger partial charge in [0.15, 0.2) is 0 Å². The van der Waals surface area contributed by atoms with Crippen molar-refractivity contribution in [3.63, 3.8) is 0 Å². The molecule has 0 aromatic heterocycles. The topological polar surface area (TPSA) is 75.4 Å². The highest BCUT2D eigenvalue weighted by atomic mass is 32.2. The second kappa shape index (κ2) is 6.34. The zero-order chi connectivity index (χ0) is 15.6. The van der Waals surface area contributed by atoms with Crippen molar-refractivity contribution in [2.45, 2.75) is 44.6 Å². The molecular formula is C15H25N3O2S. The molecule has 1 aromatic rings. The Morgan fingerprint density at radius 2 is 1.86 bits per heavy atom. The number of aryl methyl sites for hydroxylation is 2. The van der Waals surface area contributed by atoms with Crippen LogP contribution in [-0.4, -0.2) is 39.0 Å². The van der Waals surface area contributed by atoms with Gasteiger partial charge in [-0.3, -0.25) is 4.90 Å². The smallest absolute Gasteiger partial charge is 0.241 e. The maximum absolute atomic E-state index is 12.5. The number of anilines is 1. The summed E-state index contributed by atoms with van der Waals surface area (Å²) >= 11 is 0. The summed E-state index contributed by atoms with van der Waals surface area (Å²) in [6.07, 6.45) is 2.47. The molecule has 0 unspecified atom stereocenters. The lowest BCUT2D eigenvalue weighted by Gasteiger charge is -2.20. The Morgan fingerprint density at radius 3 is 2.33 bits per heavy atom. The van der Waals surface area contributed by atoms with Gasteiger partial charge in [-0.25, -0.2) is 13.1 Å². The van der Waals surface area contributed by atoms with Crippen molar-refractivity contribution in [3.8, 4) is 0 Å². The zero-order valence-corrected chi connectivity index (χ0v) is 13.8. The molecule has 21 heavy (non-hydrogen) atoms. The van der Waals surface area contributed by atoms with Crippen molar-refractivity contribution in [2.24, 2.45) is 0 Å². The van der Waals surface area contributed by atoms with Gasteiger partial charge < -0.3 is 5.73 Å². The molecule has 1 aliphatic carbocycles. The van der Waals surface area contributed by atoms with E-state index in [-0.39, 0.29) is 0 Å². The summed E-state index contributed by atoms with van der Waals surface area (Å²) in [7, 11) is -3.48. The van der Waals surface area contributed by atoms with E-state index < -0.39 is 10.0 Å². The van der Waals surface area contributed by atoms with E-state index in [1.165, 1.54) is 12.8 Å². The second-order valence-electron chi connectivity index (χ2n) is 5.74. The van der Waals surface area contributed by atoms with Gasteiger partial charge in [-0.1, -0.05) is 6.92 Å². The number of nitrogen functional groups attached to an aromatic ring is 1. The first kappa shape index (κ1) is 16.3. The summed E-state index contributed by atoms with van der Waals surface area (Å²) in [4.78, 5) is 2.68. The third-order valence-corrected chi connectivity index (χ3v) is 5.68. The Balaban J connectivity index is 2.05. The number of hydrogen-bond donors (Lipinski definition) is 2. The molecule has 0 aliphatic heterocycles. The number of benzene rings is 1. The molecule has 1 fully saturated rings. The van der Waals surface area contributed by atoms with Crippen LogP contribution in [0.5, 0.6) is 0 Å². The van der Waals surface area contributed by atoms with E-state index in [9.17, 15) is 8.42 Å². The highest BCUT2D eigenvalue weighted by Gasteiger charge is 2.28. The van der Waals surface area contributed by atoms with Gasteiger partial charge >= 0.3 is 0 Å². The number of nitrogens with two attached hydrogens (primary N) is 1. The summed E-state index contributed by atoms with van der Waals surface area (Å²) in [6.45, 7) is 7.83. The maximum Gasteiger partial charge on any atom is 0.241 e. The predicted octanol–water partition coefficient (Wildman–Crippen LogP) is 1.65. The number of nitrogens with zero attached hydrogens (tertiary/aromatic N) is 1. The molecule has 3 N–H and O–H groups in total. The quantitative estimate of drug-likeness (QED) is 0.751. The standard InChI is InChI=1S/C15H25N3O2S/c1-4-18(14-5-6-14)8-7-17-21(19,20)15-11(2)9-13(16)10-12(15)3/h9-10,14,17H,4-8,16H2,1-3H3. The van der Waals surface area contributed by atoms with E-state index in [1.54, 1.807) is 26.0 Å². The van der Waals surface area contributed by atoms with Gasteiger partial charge in [0.2, 0.25) is 10.0 Å². The van der Waals surface area contributed by atoms with Crippen LogP contribution in [0.15, 0.2) is 17.0 Å². The van der Waals surface area contributed by atoms with Crippen molar-refractivity contribution < 1.29 is 8.42 Å². The average molecular weight is 311 g/mol. The molecule has 0 radical (unpaired) electrons. The minimum absolute atomic E-state index is 0.353. The van der Waals surface area contributed by atoms with Gasteiger partial charge in [0.25, 0.3) is 0 Å². The number of nitrogens with one attached hydrogen (secondary N) is 1. The monoisotopic (exact) mass is 311 g/mol. The molecule has 2 rings (SSSR count). The lowest BCUT2D eigenvalue weighted by Crippen LogP contribution is -2.36. The fourth-order valence-corrected chi connectivity index (χ4v) is 4.31. The van der Waals surface area contributed by atoms with Crippen molar-refractivity contribution in [1.82, 2.24) is 9.62 Å². The van der Waals surface area contributed by atoms with Crippen LogP contribution in [-0.2, 0) is 10.0 Å². The van der Waals surface area contributed by atoms with Crippen LogP contribution in [0.25, 0.3) is 0 Å². The van der Waals surface area contributed by atoms with Crippen molar-refractivity contribution in [2.75, 3.05) is 25.4 Å². The molecular weight excluding hydrogens is 286 g/mol. The minimum atomic E-state index is -3.48. The SMILES string of the molecule is CCN(CCNS(=O)(=O)c1c(C)cc(N)cc1C)C1CC1. The predicted molar refractivity (Wildman–Crippen MR) is 85.8 cm³/mol. The Hall–Kier alpha value is -1.11. The number of rotatable bonds is 7. The highest BCUT2D eigenvalue weighted by Crippen LogP contribution is 2.26. The number of sulfonamides is 1. The van der Waals surface area contributed by atoms with Crippen molar-refractivity contribution in [1.29, 1.82) is 0 Å². The largest absolute Gasteiger partial charge is 0.399 e. The summed E-state index contributed by atoms with van der Waals surface area (Å²) in [6, 6.07) is 4.05. The fourth-order valence-electron chi connectivity index (χ4n) is 2.84. The molecule has 0 saturated heterocycles. The van der Waals surface area contributed by atoms with Crippen LogP contribution < -0.4 is 10.5 Å². The summed E-state index contributed by atoms with van der Waals surface area (Å²) in [5, 5.41) is 0. The maximum atomic E-state index is 12.5. The molecule has 1 saturated carbocycles. The van der Waals surface area contributed by atoms with Crippen LogP contribution in [0.2, 0.25) is 0 Å². The van der Waals surface area contributed by atoms with E-state index in [2.05, 4.69) is 16.5 Å². The third-order valence-electron chi connectivity index (χ3n) is 3.91. The van der Waals surface area contributed by atoms with Gasteiger partial charge in [0.1, 0.15) is 0 Å². The molecule has 0 bridgehead atoms. The average Bonchev–Trinajstić information content (AvgIpc) is 3.17. The molecule has 0 heterocycles. The van der Waals surface area contributed by atoms with Gasteiger partial charge in [0, 0.05) is 24.8 Å². The first-order valence-electron chi connectivity index (χ1n) is 7.45. The summed E-state index contributed by atoms with van der Waals surface area (Å²) < 4.78 is 27.7. The first-order valence-corrected chi connectivity index (χ1v) is 8.94. The second-order valence-corrected chi connectivity index (χ2v) is 7.45. The lowest BCUT2D eigenvalue weighted by molar-refractivity contribution is 0.282. The molecule has 1 aromatic carbocycles. The number of hydrogen-bond acceptors (Lipinski definition) is 4.